The van der Waals surface area contributed by atoms with Gasteiger partial charge in [0.1, 0.15) is 5.58 Å². The van der Waals surface area contributed by atoms with Crippen LogP contribution >= 0.6 is 0 Å². The summed E-state index contributed by atoms with van der Waals surface area (Å²) in [5, 5.41) is 3.90. The number of anilines is 1. The molecule has 0 aliphatic rings. The predicted octanol–water partition coefficient (Wildman–Crippen LogP) is 2.24. The van der Waals surface area contributed by atoms with Gasteiger partial charge in [0.2, 0.25) is 5.91 Å². The number of furan rings is 1. The van der Waals surface area contributed by atoms with Crippen molar-refractivity contribution in [3.63, 3.8) is 0 Å². The number of amides is 1. The third kappa shape index (κ3) is 2.65. The van der Waals surface area contributed by atoms with Crippen LogP contribution in [0.25, 0.3) is 11.0 Å². The number of nitrogens with zero attached hydrogens (tertiary/aromatic N) is 1. The smallest absolute Gasteiger partial charge is 0.238 e. The van der Waals surface area contributed by atoms with Crippen molar-refractivity contribution in [3.8, 4) is 0 Å². The molecule has 0 fully saturated rings. The largest absolute Gasteiger partial charge is 0.464 e. The van der Waals surface area contributed by atoms with Gasteiger partial charge < -0.3 is 14.6 Å². The maximum absolute atomic E-state index is 11.6. The van der Waals surface area contributed by atoms with Crippen LogP contribution in [0.2, 0.25) is 0 Å². The highest BCUT2D eigenvalue weighted by atomic mass is 16.3. The Hall–Kier alpha value is -1.81. The van der Waals surface area contributed by atoms with E-state index in [1.54, 1.807) is 6.26 Å². The first kappa shape index (κ1) is 11.7. The van der Waals surface area contributed by atoms with Gasteiger partial charge in [-0.3, -0.25) is 4.79 Å². The Morgan fingerprint density at radius 1 is 1.41 bits per heavy atom. The minimum atomic E-state index is -0.0181. The average Bonchev–Trinajstić information content (AvgIpc) is 2.59. The van der Waals surface area contributed by atoms with E-state index in [2.05, 4.69) is 5.32 Å². The van der Waals surface area contributed by atoms with Crippen molar-refractivity contribution >= 4 is 22.6 Å². The maximum Gasteiger partial charge on any atom is 0.238 e. The van der Waals surface area contributed by atoms with Crippen LogP contribution in [-0.4, -0.2) is 31.4 Å². The molecule has 2 aromatic rings. The van der Waals surface area contributed by atoms with E-state index in [0.29, 0.717) is 6.54 Å². The van der Waals surface area contributed by atoms with Crippen molar-refractivity contribution in [2.75, 3.05) is 26.0 Å². The fourth-order valence-electron chi connectivity index (χ4n) is 1.72. The Morgan fingerprint density at radius 2 is 2.18 bits per heavy atom. The monoisotopic (exact) mass is 232 g/mol. The van der Waals surface area contributed by atoms with Gasteiger partial charge in [0.05, 0.1) is 12.8 Å². The molecule has 0 bridgehead atoms. The molecule has 0 aliphatic carbocycles. The summed E-state index contributed by atoms with van der Waals surface area (Å²) in [5.41, 5.74) is 2.71. The summed E-state index contributed by atoms with van der Waals surface area (Å²) in [6.07, 6.45) is 1.72. The highest BCUT2D eigenvalue weighted by Gasteiger charge is 2.06. The van der Waals surface area contributed by atoms with Crippen LogP contribution < -0.4 is 5.32 Å². The third-order valence-corrected chi connectivity index (χ3v) is 2.51. The molecule has 0 saturated carbocycles. The van der Waals surface area contributed by atoms with E-state index in [1.807, 2.05) is 44.1 Å². The predicted molar refractivity (Wildman–Crippen MR) is 68.1 cm³/mol. The Bertz CT molecular complexity index is 543. The van der Waals surface area contributed by atoms with Gasteiger partial charge in [-0.2, -0.15) is 0 Å². The van der Waals surface area contributed by atoms with Crippen LogP contribution in [0.15, 0.2) is 28.9 Å². The first-order valence-electron chi connectivity index (χ1n) is 5.48. The standard InChI is InChI=1S/C13H16N2O2/c1-9-8-17-12-5-4-10(6-11(9)12)14-13(16)7-15(2)3/h4-6,8H,7H2,1-3H3,(H,14,16). The summed E-state index contributed by atoms with van der Waals surface area (Å²) in [4.78, 5) is 13.4. The number of nitrogens with one attached hydrogen (secondary N) is 1. The summed E-state index contributed by atoms with van der Waals surface area (Å²) >= 11 is 0. The minimum absolute atomic E-state index is 0.0181. The Morgan fingerprint density at radius 3 is 2.88 bits per heavy atom. The van der Waals surface area contributed by atoms with Gasteiger partial charge in [-0.05, 0) is 44.8 Å². The van der Waals surface area contributed by atoms with Gasteiger partial charge in [0, 0.05) is 11.1 Å². The molecule has 1 N–H and O–H groups in total. The van der Waals surface area contributed by atoms with Gasteiger partial charge in [-0.1, -0.05) is 0 Å². The van der Waals surface area contributed by atoms with Gasteiger partial charge >= 0.3 is 0 Å². The fraction of sp³-hybridized carbons (Fsp3) is 0.308. The molecular weight excluding hydrogens is 216 g/mol. The molecule has 4 nitrogen and oxygen atoms in total. The molecule has 0 saturated heterocycles. The quantitative estimate of drug-likeness (QED) is 0.882. The number of benzene rings is 1. The van der Waals surface area contributed by atoms with Crippen molar-refractivity contribution in [3.05, 3.63) is 30.0 Å². The van der Waals surface area contributed by atoms with Gasteiger partial charge in [-0.15, -0.1) is 0 Å². The molecule has 1 heterocycles. The number of carbonyl (C=O) groups excluding carboxylic acids is 1. The number of hydrogen-bond acceptors (Lipinski definition) is 3. The molecule has 90 valence electrons. The Kier molecular flexibility index (Phi) is 3.15. The van der Waals surface area contributed by atoms with E-state index >= 15 is 0 Å². The van der Waals surface area contributed by atoms with Gasteiger partial charge in [0.15, 0.2) is 0 Å². The molecule has 1 amide bonds. The zero-order valence-corrected chi connectivity index (χ0v) is 10.3. The lowest BCUT2D eigenvalue weighted by Crippen LogP contribution is -2.27. The zero-order chi connectivity index (χ0) is 12.4. The van der Waals surface area contributed by atoms with Crippen molar-refractivity contribution in [2.45, 2.75) is 6.92 Å². The molecular formula is C13H16N2O2. The van der Waals surface area contributed by atoms with Crippen molar-refractivity contribution < 1.29 is 9.21 Å². The van der Waals surface area contributed by atoms with Crippen molar-refractivity contribution in [1.29, 1.82) is 0 Å². The third-order valence-electron chi connectivity index (χ3n) is 2.51. The maximum atomic E-state index is 11.6. The number of rotatable bonds is 3. The molecule has 0 aliphatic heterocycles. The SMILES string of the molecule is Cc1coc2ccc(NC(=O)CN(C)C)cc12. The minimum Gasteiger partial charge on any atom is -0.464 e. The molecule has 17 heavy (non-hydrogen) atoms. The molecule has 0 radical (unpaired) electrons. The number of aryl methyl sites for hydroxylation is 1. The van der Waals surface area contributed by atoms with Gasteiger partial charge in [0.25, 0.3) is 0 Å². The highest BCUT2D eigenvalue weighted by molar-refractivity contribution is 5.95. The van der Waals surface area contributed by atoms with E-state index in [1.165, 1.54) is 0 Å². The zero-order valence-electron chi connectivity index (χ0n) is 10.3. The highest BCUT2D eigenvalue weighted by Crippen LogP contribution is 2.23. The summed E-state index contributed by atoms with van der Waals surface area (Å²) in [5.74, 6) is -0.0181. The van der Waals surface area contributed by atoms with E-state index in [0.717, 1.165) is 22.2 Å². The molecule has 0 spiro atoms. The van der Waals surface area contributed by atoms with Crippen LogP contribution in [0.1, 0.15) is 5.56 Å². The number of likely N-dealkylation sites (N-methyl/N-ethyl adjacent to an activating group) is 1. The lowest BCUT2D eigenvalue weighted by molar-refractivity contribution is -0.116. The number of hydrogen-bond donors (Lipinski definition) is 1. The van der Waals surface area contributed by atoms with Crippen LogP contribution in [0.4, 0.5) is 5.69 Å². The molecule has 1 aromatic carbocycles. The second kappa shape index (κ2) is 4.59. The summed E-state index contributed by atoms with van der Waals surface area (Å²) in [6, 6.07) is 5.65. The fourth-order valence-corrected chi connectivity index (χ4v) is 1.72. The van der Waals surface area contributed by atoms with E-state index in [-0.39, 0.29) is 5.91 Å². The number of carbonyl (C=O) groups is 1. The van der Waals surface area contributed by atoms with Crippen molar-refractivity contribution in [1.82, 2.24) is 4.90 Å². The molecule has 2 rings (SSSR count). The average molecular weight is 232 g/mol. The molecule has 1 aromatic heterocycles. The van der Waals surface area contributed by atoms with E-state index in [9.17, 15) is 4.79 Å². The Balaban J connectivity index is 2.19. The Labute approximate surface area is 100 Å². The van der Waals surface area contributed by atoms with Crippen LogP contribution in [-0.2, 0) is 4.79 Å². The normalized spacial score (nSPS) is 11.1. The van der Waals surface area contributed by atoms with Gasteiger partial charge in [-0.25, -0.2) is 0 Å². The first-order chi connectivity index (χ1) is 8.06. The van der Waals surface area contributed by atoms with Crippen LogP contribution in [0.5, 0.6) is 0 Å². The topological polar surface area (TPSA) is 45.5 Å². The number of fused-ring (bicyclic) bond motifs is 1. The van der Waals surface area contributed by atoms with E-state index in [4.69, 9.17) is 4.42 Å². The van der Waals surface area contributed by atoms with E-state index < -0.39 is 0 Å². The van der Waals surface area contributed by atoms with Crippen LogP contribution in [0, 0.1) is 6.92 Å². The summed E-state index contributed by atoms with van der Waals surface area (Å²) in [7, 11) is 3.73. The second-order valence-corrected chi connectivity index (χ2v) is 4.42. The lowest BCUT2D eigenvalue weighted by Gasteiger charge is -2.10. The summed E-state index contributed by atoms with van der Waals surface area (Å²) < 4.78 is 5.35. The lowest BCUT2D eigenvalue weighted by atomic mass is 10.2. The molecule has 4 heteroatoms. The van der Waals surface area contributed by atoms with Crippen LogP contribution in [0.3, 0.4) is 0 Å². The molecule has 0 unspecified atom stereocenters. The summed E-state index contributed by atoms with van der Waals surface area (Å²) in [6.45, 7) is 2.36. The second-order valence-electron chi connectivity index (χ2n) is 4.42. The van der Waals surface area contributed by atoms with Crippen molar-refractivity contribution in [2.24, 2.45) is 0 Å². The molecule has 0 atom stereocenters. The first-order valence-corrected chi connectivity index (χ1v) is 5.48.